The van der Waals surface area contributed by atoms with Crippen LogP contribution in [0.1, 0.15) is 93.4 Å². The molecule has 4 aromatic heterocycles. The number of rotatable bonds is 6. The Kier molecular flexibility index (Phi) is 13.2. The lowest BCUT2D eigenvalue weighted by atomic mass is 9.76. The molecule has 10 rings (SSSR count). The van der Waals surface area contributed by atoms with Gasteiger partial charge < -0.3 is 20.2 Å². The molecular formula is C52H52Cl2N6O4. The molecule has 2 saturated heterocycles. The van der Waals surface area contributed by atoms with Crippen molar-refractivity contribution >= 4 is 35.0 Å². The number of nitrogens with zero attached hydrogens (tertiary/aromatic N) is 6. The van der Waals surface area contributed by atoms with Crippen LogP contribution >= 0.6 is 23.2 Å². The van der Waals surface area contributed by atoms with Crippen LogP contribution in [0.25, 0.3) is 0 Å². The lowest BCUT2D eigenvalue weighted by molar-refractivity contribution is -0.616. The molecule has 2 aromatic carbocycles. The molecule has 6 heterocycles. The lowest BCUT2D eigenvalue weighted by Gasteiger charge is -2.37. The third kappa shape index (κ3) is 9.64. The van der Waals surface area contributed by atoms with Gasteiger partial charge in [0.2, 0.25) is 17.5 Å². The van der Waals surface area contributed by atoms with Crippen molar-refractivity contribution < 1.29 is 19.0 Å². The third-order valence-corrected chi connectivity index (χ3v) is 14.3. The SMILES string of the molecule is O=C(Cc1cc[n+]([O-])cc1)N1CCC(C2c3ccc(Cl)cc3CCc3ccc[n+]([O-])c32)CC1.O=C(Cc1ccncc1)N1CCC(C2c3ccc(Cl)cc3CCc3cccnc32)CC1. The van der Waals surface area contributed by atoms with E-state index in [2.05, 4.69) is 35.3 Å². The van der Waals surface area contributed by atoms with E-state index in [1.165, 1.54) is 45.9 Å². The lowest BCUT2D eigenvalue weighted by Crippen LogP contribution is -2.43. The maximum absolute atomic E-state index is 12.9. The number of likely N-dealkylation sites (tertiary alicyclic amines) is 2. The van der Waals surface area contributed by atoms with Crippen molar-refractivity contribution in [2.75, 3.05) is 26.2 Å². The zero-order valence-electron chi connectivity index (χ0n) is 35.8. The van der Waals surface area contributed by atoms with Gasteiger partial charge in [-0.1, -0.05) is 41.4 Å². The fourth-order valence-electron chi connectivity index (χ4n) is 10.6. The molecule has 2 unspecified atom stereocenters. The van der Waals surface area contributed by atoms with E-state index in [0.717, 1.165) is 106 Å². The highest BCUT2D eigenvalue weighted by Crippen LogP contribution is 2.44. The Morgan fingerprint density at radius 3 is 1.72 bits per heavy atom. The largest absolute Gasteiger partial charge is 0.619 e. The van der Waals surface area contributed by atoms with Crippen molar-refractivity contribution in [1.82, 2.24) is 19.8 Å². The second-order valence-corrected chi connectivity index (χ2v) is 18.5. The fourth-order valence-corrected chi connectivity index (χ4v) is 11.0. The number of carbonyl (C=O) groups is 2. The summed E-state index contributed by atoms with van der Waals surface area (Å²) in [5.41, 5.74) is 11.5. The van der Waals surface area contributed by atoms with Gasteiger partial charge in [0.1, 0.15) is 0 Å². The molecule has 0 N–H and O–H groups in total. The number of carbonyl (C=O) groups excluding carboxylic acids is 2. The number of halogens is 2. The van der Waals surface area contributed by atoms with Gasteiger partial charge >= 0.3 is 0 Å². The quantitative estimate of drug-likeness (QED) is 0.123. The van der Waals surface area contributed by atoms with Crippen molar-refractivity contribution in [2.24, 2.45) is 11.8 Å². The minimum Gasteiger partial charge on any atom is -0.619 e. The topological polar surface area (TPSA) is 120 Å². The molecule has 12 heteroatoms. The Morgan fingerprint density at radius 2 is 1.11 bits per heavy atom. The van der Waals surface area contributed by atoms with Gasteiger partial charge in [0.25, 0.3) is 0 Å². The minimum atomic E-state index is -0.00709. The first-order valence-electron chi connectivity index (χ1n) is 22.5. The summed E-state index contributed by atoms with van der Waals surface area (Å²) in [6.07, 6.45) is 17.9. The Labute approximate surface area is 384 Å². The number of benzene rings is 2. The molecule has 2 aliphatic carbocycles. The van der Waals surface area contributed by atoms with Crippen LogP contribution in [0, 0.1) is 22.3 Å². The summed E-state index contributed by atoms with van der Waals surface area (Å²) < 4.78 is 1.76. The summed E-state index contributed by atoms with van der Waals surface area (Å²) in [6.45, 7) is 2.93. The zero-order chi connectivity index (χ0) is 44.2. The standard InChI is InChI=1S/C26H26ClN3O3.C26H26ClN3O/c27-22-5-6-23-21(17-22)4-3-20-2-1-11-30(33)26(20)25(23)19-9-12-28(13-10-19)24(31)16-18-7-14-29(32)15-8-18;27-22-5-6-23-21(17-22)4-3-20-2-1-11-29-26(20)25(23)19-9-14-30(15-10-19)24(31)16-18-7-12-28-13-8-18/h1-2,5-8,11,14-15,17,19,25H,3-4,9-10,12-13,16H2;1-2,5-8,11-13,17,19,25H,3-4,9-10,14-16H2. The second kappa shape index (κ2) is 19.5. The normalized spacial score (nSPS) is 18.5. The average molecular weight is 896 g/mol. The van der Waals surface area contributed by atoms with Crippen LogP contribution in [-0.2, 0) is 48.1 Å². The molecule has 2 aliphatic heterocycles. The summed E-state index contributed by atoms with van der Waals surface area (Å²) >= 11 is 12.6. The summed E-state index contributed by atoms with van der Waals surface area (Å²) in [5, 5.41) is 25.7. The first-order chi connectivity index (χ1) is 31.2. The molecule has 328 valence electrons. The summed E-state index contributed by atoms with van der Waals surface area (Å²) in [5.74, 6) is 1.28. The van der Waals surface area contributed by atoms with Gasteiger partial charge in [-0.2, -0.15) is 9.46 Å². The Morgan fingerprint density at radius 1 is 0.594 bits per heavy atom. The fraction of sp³-hybridized carbons (Fsp3) is 0.346. The van der Waals surface area contributed by atoms with Crippen LogP contribution in [0.15, 0.2) is 122 Å². The number of amides is 2. The predicted molar refractivity (Wildman–Crippen MR) is 247 cm³/mol. The zero-order valence-corrected chi connectivity index (χ0v) is 37.3. The van der Waals surface area contributed by atoms with Crippen LogP contribution < -0.4 is 9.46 Å². The van der Waals surface area contributed by atoms with E-state index < -0.39 is 0 Å². The van der Waals surface area contributed by atoms with E-state index in [4.69, 9.17) is 28.2 Å². The Balaban J connectivity index is 0.000000162. The van der Waals surface area contributed by atoms with Gasteiger partial charge in [0.05, 0.1) is 24.5 Å². The highest BCUT2D eigenvalue weighted by atomic mass is 35.5. The van der Waals surface area contributed by atoms with Crippen molar-refractivity contribution in [3.05, 3.63) is 198 Å². The molecule has 64 heavy (non-hydrogen) atoms. The number of aryl methyl sites for hydroxylation is 4. The molecule has 6 aromatic rings. The smallest absolute Gasteiger partial charge is 0.226 e. The number of fused-ring (bicyclic) bond motifs is 4. The first-order valence-corrected chi connectivity index (χ1v) is 23.3. The van der Waals surface area contributed by atoms with E-state index in [9.17, 15) is 20.0 Å². The minimum absolute atomic E-state index is 0.00709. The molecule has 4 aliphatic rings. The maximum Gasteiger partial charge on any atom is 0.226 e. The molecule has 2 atom stereocenters. The Hall–Kier alpha value is -5.84. The van der Waals surface area contributed by atoms with E-state index in [0.29, 0.717) is 31.8 Å². The first kappa shape index (κ1) is 43.4. The van der Waals surface area contributed by atoms with Crippen LogP contribution in [0.2, 0.25) is 10.0 Å². The van der Waals surface area contributed by atoms with Crippen LogP contribution in [0.3, 0.4) is 0 Å². The summed E-state index contributed by atoms with van der Waals surface area (Å²) in [7, 11) is 0. The number of pyridine rings is 4. The van der Waals surface area contributed by atoms with Gasteiger partial charge in [0.15, 0.2) is 18.6 Å². The molecule has 2 fully saturated rings. The van der Waals surface area contributed by atoms with Crippen LogP contribution in [0.5, 0.6) is 0 Å². The molecule has 0 radical (unpaired) electrons. The Bertz CT molecular complexity index is 2610. The van der Waals surface area contributed by atoms with Gasteiger partial charge in [0, 0.05) is 84.5 Å². The van der Waals surface area contributed by atoms with Gasteiger partial charge in [-0.25, -0.2) is 0 Å². The monoisotopic (exact) mass is 894 g/mol. The molecular weight excluding hydrogens is 844 g/mol. The van der Waals surface area contributed by atoms with E-state index in [-0.39, 0.29) is 29.6 Å². The number of piperidine rings is 2. The maximum atomic E-state index is 12.9. The molecule has 10 nitrogen and oxygen atoms in total. The molecule has 2 amide bonds. The third-order valence-electron chi connectivity index (χ3n) is 13.9. The van der Waals surface area contributed by atoms with Crippen LogP contribution in [0.4, 0.5) is 0 Å². The highest BCUT2D eigenvalue weighted by molar-refractivity contribution is 6.31. The molecule has 0 saturated carbocycles. The van der Waals surface area contributed by atoms with Gasteiger partial charge in [-0.05, 0) is 151 Å². The van der Waals surface area contributed by atoms with E-state index in [1.54, 1.807) is 30.7 Å². The van der Waals surface area contributed by atoms with Crippen LogP contribution in [-0.4, -0.2) is 57.8 Å². The predicted octanol–water partition coefficient (Wildman–Crippen LogP) is 8.16. The number of hydrogen-bond acceptors (Lipinski definition) is 6. The van der Waals surface area contributed by atoms with Crippen molar-refractivity contribution in [3.8, 4) is 0 Å². The number of aromatic nitrogens is 4. The van der Waals surface area contributed by atoms with E-state index >= 15 is 0 Å². The van der Waals surface area contributed by atoms with Crippen molar-refractivity contribution in [1.29, 1.82) is 0 Å². The average Bonchev–Trinajstić information content (AvgIpc) is 3.58. The molecule has 0 bridgehead atoms. The van der Waals surface area contributed by atoms with Gasteiger partial charge in [-0.15, -0.1) is 0 Å². The number of hydrogen-bond donors (Lipinski definition) is 0. The summed E-state index contributed by atoms with van der Waals surface area (Å²) in [6, 6.07) is 27.7. The van der Waals surface area contributed by atoms with Crippen molar-refractivity contribution in [2.45, 2.75) is 76.0 Å². The van der Waals surface area contributed by atoms with Gasteiger partial charge in [-0.3, -0.25) is 19.6 Å². The molecule has 0 spiro atoms. The highest BCUT2D eigenvalue weighted by Gasteiger charge is 2.39. The second-order valence-electron chi connectivity index (χ2n) is 17.6. The summed E-state index contributed by atoms with van der Waals surface area (Å²) in [4.78, 5) is 38.5. The van der Waals surface area contributed by atoms with Crippen molar-refractivity contribution in [3.63, 3.8) is 0 Å². The van der Waals surface area contributed by atoms with E-state index in [1.807, 2.05) is 58.5 Å².